The fourth-order valence-electron chi connectivity index (χ4n) is 2.72. The largest absolute Gasteiger partial charge is 0.366 e. The van der Waals surface area contributed by atoms with Gasteiger partial charge in [-0.15, -0.1) is 0 Å². The van der Waals surface area contributed by atoms with E-state index in [0.29, 0.717) is 36.2 Å². The van der Waals surface area contributed by atoms with Crippen LogP contribution in [0.15, 0.2) is 40.0 Å². The molecule has 0 atom stereocenters. The summed E-state index contributed by atoms with van der Waals surface area (Å²) in [6.45, 7) is 3.36. The van der Waals surface area contributed by atoms with Crippen LogP contribution in [0.25, 0.3) is 0 Å². The lowest BCUT2D eigenvalue weighted by molar-refractivity contribution is 0.477. The van der Waals surface area contributed by atoms with Crippen molar-refractivity contribution in [2.24, 2.45) is 0 Å². The summed E-state index contributed by atoms with van der Waals surface area (Å²) in [5.41, 5.74) is 0.701. The van der Waals surface area contributed by atoms with E-state index < -0.39 is 10.0 Å². The standard InChI is InChI=1S/C16H20N4O3S/c1-12-18-15(10-16(21)19-12)17-11-13-4-6-14(7-5-13)24(22,23)20-8-2-3-9-20/h4-7,10H,2-3,8-9,11H2,1H3,(H2,17,18,19,21). The number of sulfonamides is 1. The highest BCUT2D eigenvalue weighted by atomic mass is 32.2. The Kier molecular flexibility index (Phi) is 4.68. The first-order chi connectivity index (χ1) is 11.4. The molecule has 128 valence electrons. The van der Waals surface area contributed by atoms with Crippen molar-refractivity contribution >= 4 is 15.8 Å². The number of nitrogens with zero attached hydrogens (tertiary/aromatic N) is 2. The second kappa shape index (κ2) is 6.74. The molecule has 1 aromatic carbocycles. The van der Waals surface area contributed by atoms with E-state index in [-0.39, 0.29) is 5.56 Å². The number of H-pyrrole nitrogens is 1. The molecule has 2 N–H and O–H groups in total. The van der Waals surface area contributed by atoms with E-state index in [1.165, 1.54) is 10.4 Å². The Morgan fingerprint density at radius 3 is 2.50 bits per heavy atom. The highest BCUT2D eigenvalue weighted by Gasteiger charge is 2.26. The van der Waals surface area contributed by atoms with Crippen molar-refractivity contribution in [3.8, 4) is 0 Å². The maximum absolute atomic E-state index is 12.5. The maximum atomic E-state index is 12.5. The Balaban J connectivity index is 1.69. The summed E-state index contributed by atoms with van der Waals surface area (Å²) in [6.07, 6.45) is 1.84. The summed E-state index contributed by atoms with van der Waals surface area (Å²) in [6, 6.07) is 8.19. The zero-order valence-electron chi connectivity index (χ0n) is 13.4. The zero-order chi connectivity index (χ0) is 17.2. The third kappa shape index (κ3) is 3.65. The van der Waals surface area contributed by atoms with E-state index in [4.69, 9.17) is 0 Å². The maximum Gasteiger partial charge on any atom is 0.252 e. The first-order valence-corrected chi connectivity index (χ1v) is 9.30. The Labute approximate surface area is 140 Å². The van der Waals surface area contributed by atoms with Crippen molar-refractivity contribution < 1.29 is 8.42 Å². The SMILES string of the molecule is Cc1nc(NCc2ccc(S(=O)(=O)N3CCCC3)cc2)cc(=O)[nH]1. The van der Waals surface area contributed by atoms with E-state index in [1.54, 1.807) is 31.2 Å². The summed E-state index contributed by atoms with van der Waals surface area (Å²) in [5, 5.41) is 3.06. The highest BCUT2D eigenvalue weighted by Crippen LogP contribution is 2.21. The molecule has 7 nitrogen and oxygen atoms in total. The molecule has 3 rings (SSSR count). The molecule has 2 heterocycles. The molecule has 0 aliphatic carbocycles. The second-order valence-electron chi connectivity index (χ2n) is 5.82. The van der Waals surface area contributed by atoms with Crippen molar-refractivity contribution in [3.05, 3.63) is 52.1 Å². The number of rotatable bonds is 5. The fraction of sp³-hybridized carbons (Fsp3) is 0.375. The second-order valence-corrected chi connectivity index (χ2v) is 7.76. The lowest BCUT2D eigenvalue weighted by atomic mass is 10.2. The van der Waals surface area contributed by atoms with Crippen LogP contribution >= 0.6 is 0 Å². The van der Waals surface area contributed by atoms with Gasteiger partial charge in [0, 0.05) is 25.7 Å². The number of benzene rings is 1. The first kappa shape index (κ1) is 16.7. The van der Waals surface area contributed by atoms with Crippen LogP contribution in [0, 0.1) is 6.92 Å². The summed E-state index contributed by atoms with van der Waals surface area (Å²) >= 11 is 0. The Bertz CT molecular complexity index is 869. The monoisotopic (exact) mass is 348 g/mol. The van der Waals surface area contributed by atoms with Gasteiger partial charge in [-0.25, -0.2) is 13.4 Å². The van der Waals surface area contributed by atoms with Crippen molar-refractivity contribution in [1.82, 2.24) is 14.3 Å². The van der Waals surface area contributed by atoms with Gasteiger partial charge in [0.25, 0.3) is 5.56 Å². The molecule has 0 bridgehead atoms. The van der Waals surface area contributed by atoms with Crippen LogP contribution in [0.4, 0.5) is 5.82 Å². The van der Waals surface area contributed by atoms with Gasteiger partial charge in [0.05, 0.1) is 4.90 Å². The lowest BCUT2D eigenvalue weighted by Gasteiger charge is -2.15. The number of hydrogen-bond acceptors (Lipinski definition) is 5. The highest BCUT2D eigenvalue weighted by molar-refractivity contribution is 7.89. The van der Waals surface area contributed by atoms with Gasteiger partial charge in [0.1, 0.15) is 11.6 Å². The Morgan fingerprint density at radius 1 is 1.21 bits per heavy atom. The third-order valence-corrected chi connectivity index (χ3v) is 5.87. The molecule has 0 radical (unpaired) electrons. The first-order valence-electron chi connectivity index (χ1n) is 7.86. The quantitative estimate of drug-likeness (QED) is 0.853. The molecular weight excluding hydrogens is 328 g/mol. The van der Waals surface area contributed by atoms with E-state index in [9.17, 15) is 13.2 Å². The van der Waals surface area contributed by atoms with Gasteiger partial charge in [-0.1, -0.05) is 12.1 Å². The van der Waals surface area contributed by atoms with Gasteiger partial charge in [-0.2, -0.15) is 4.31 Å². The van der Waals surface area contributed by atoms with E-state index in [2.05, 4.69) is 15.3 Å². The Morgan fingerprint density at radius 2 is 1.88 bits per heavy atom. The van der Waals surface area contributed by atoms with Crippen LogP contribution in [-0.2, 0) is 16.6 Å². The lowest BCUT2D eigenvalue weighted by Crippen LogP contribution is -2.27. The minimum atomic E-state index is -3.38. The van der Waals surface area contributed by atoms with Crippen LogP contribution < -0.4 is 10.9 Å². The zero-order valence-corrected chi connectivity index (χ0v) is 14.3. The third-order valence-electron chi connectivity index (χ3n) is 3.96. The number of aryl methyl sites for hydroxylation is 1. The topological polar surface area (TPSA) is 95.2 Å². The number of aromatic amines is 1. The van der Waals surface area contributed by atoms with Crippen molar-refractivity contribution in [2.75, 3.05) is 18.4 Å². The Hall–Kier alpha value is -2.19. The number of hydrogen-bond donors (Lipinski definition) is 2. The molecule has 1 aliphatic heterocycles. The minimum Gasteiger partial charge on any atom is -0.366 e. The normalized spacial score (nSPS) is 15.5. The number of nitrogens with one attached hydrogen (secondary N) is 2. The number of anilines is 1. The van der Waals surface area contributed by atoms with Crippen LogP contribution in [0.3, 0.4) is 0 Å². The van der Waals surface area contributed by atoms with E-state index in [0.717, 1.165) is 18.4 Å². The molecule has 8 heteroatoms. The van der Waals surface area contributed by atoms with E-state index >= 15 is 0 Å². The predicted octanol–water partition coefficient (Wildman–Crippen LogP) is 1.47. The molecule has 24 heavy (non-hydrogen) atoms. The molecular formula is C16H20N4O3S. The summed E-state index contributed by atoms with van der Waals surface area (Å²) < 4.78 is 26.5. The molecule has 1 aromatic heterocycles. The van der Waals surface area contributed by atoms with Gasteiger partial charge in [-0.3, -0.25) is 4.79 Å². The van der Waals surface area contributed by atoms with Gasteiger partial charge in [0.2, 0.25) is 10.0 Å². The predicted molar refractivity (Wildman–Crippen MR) is 91.4 cm³/mol. The molecule has 1 aliphatic rings. The van der Waals surface area contributed by atoms with Gasteiger partial charge in [-0.05, 0) is 37.5 Å². The summed E-state index contributed by atoms with van der Waals surface area (Å²) in [5.74, 6) is 1.03. The molecule has 0 saturated carbocycles. The average Bonchev–Trinajstić information content (AvgIpc) is 3.08. The van der Waals surface area contributed by atoms with Crippen LogP contribution in [0.2, 0.25) is 0 Å². The molecule has 0 spiro atoms. The van der Waals surface area contributed by atoms with Crippen molar-refractivity contribution in [1.29, 1.82) is 0 Å². The number of aromatic nitrogens is 2. The molecule has 1 fully saturated rings. The molecule has 1 saturated heterocycles. The van der Waals surface area contributed by atoms with E-state index in [1.807, 2.05) is 0 Å². The van der Waals surface area contributed by atoms with Gasteiger partial charge >= 0.3 is 0 Å². The van der Waals surface area contributed by atoms with Gasteiger partial charge < -0.3 is 10.3 Å². The summed E-state index contributed by atoms with van der Waals surface area (Å²) in [7, 11) is -3.38. The van der Waals surface area contributed by atoms with Crippen molar-refractivity contribution in [2.45, 2.75) is 31.2 Å². The summed E-state index contributed by atoms with van der Waals surface area (Å²) in [4.78, 5) is 18.5. The fourth-order valence-corrected chi connectivity index (χ4v) is 4.24. The average molecular weight is 348 g/mol. The van der Waals surface area contributed by atoms with Gasteiger partial charge in [0.15, 0.2) is 0 Å². The molecule has 0 amide bonds. The smallest absolute Gasteiger partial charge is 0.252 e. The van der Waals surface area contributed by atoms with Crippen molar-refractivity contribution in [3.63, 3.8) is 0 Å². The minimum absolute atomic E-state index is 0.211. The van der Waals surface area contributed by atoms with Crippen LogP contribution in [0.1, 0.15) is 24.2 Å². The molecule has 0 unspecified atom stereocenters. The van der Waals surface area contributed by atoms with Crippen LogP contribution in [-0.4, -0.2) is 35.8 Å². The molecule has 2 aromatic rings. The van der Waals surface area contributed by atoms with Crippen LogP contribution in [0.5, 0.6) is 0 Å².